The van der Waals surface area contributed by atoms with Gasteiger partial charge in [0.25, 0.3) is 0 Å². The molecule has 0 radical (unpaired) electrons. The minimum absolute atomic E-state index is 0.218. The van der Waals surface area contributed by atoms with E-state index in [1.165, 1.54) is 13.8 Å². The van der Waals surface area contributed by atoms with Gasteiger partial charge < -0.3 is 4.74 Å². The Kier molecular flexibility index (Phi) is 3.83. The van der Waals surface area contributed by atoms with Crippen LogP contribution in [0.4, 0.5) is 4.39 Å². The number of carbonyl (C=O) groups excluding carboxylic acids is 1. The molecule has 0 heterocycles. The lowest BCUT2D eigenvalue weighted by molar-refractivity contribution is -0.155. The SMILES string of the molecule is CC(C)(F)C(=O)OCCc1ccccc1. The second-order valence-electron chi connectivity index (χ2n) is 3.84. The molecule has 0 bridgehead atoms. The maximum absolute atomic E-state index is 13.0. The summed E-state index contributed by atoms with van der Waals surface area (Å²) in [6.45, 7) is 2.60. The fraction of sp³-hybridized carbons (Fsp3) is 0.417. The lowest BCUT2D eigenvalue weighted by atomic mass is 10.1. The Morgan fingerprint density at radius 3 is 2.47 bits per heavy atom. The second-order valence-corrected chi connectivity index (χ2v) is 3.84. The summed E-state index contributed by atoms with van der Waals surface area (Å²) >= 11 is 0. The van der Waals surface area contributed by atoms with Gasteiger partial charge in [0.2, 0.25) is 5.67 Å². The Bertz CT molecular complexity index is 314. The maximum atomic E-state index is 13.0. The number of hydrogen-bond acceptors (Lipinski definition) is 2. The van der Waals surface area contributed by atoms with Crippen LogP contribution in [0.5, 0.6) is 0 Å². The molecular formula is C12H15FO2. The van der Waals surface area contributed by atoms with Crippen LogP contribution in [0.15, 0.2) is 30.3 Å². The lowest BCUT2D eigenvalue weighted by Crippen LogP contribution is -2.28. The summed E-state index contributed by atoms with van der Waals surface area (Å²) in [5.74, 6) is -0.807. The van der Waals surface area contributed by atoms with Crippen LogP contribution >= 0.6 is 0 Å². The zero-order valence-electron chi connectivity index (χ0n) is 9.00. The quantitative estimate of drug-likeness (QED) is 0.714. The van der Waals surface area contributed by atoms with E-state index >= 15 is 0 Å². The highest BCUT2D eigenvalue weighted by molar-refractivity contribution is 5.78. The molecule has 0 saturated carbocycles. The maximum Gasteiger partial charge on any atom is 0.343 e. The van der Waals surface area contributed by atoms with Crippen LogP contribution in [0.1, 0.15) is 19.4 Å². The number of benzene rings is 1. The molecule has 0 aliphatic heterocycles. The predicted molar refractivity (Wildman–Crippen MR) is 56.3 cm³/mol. The number of carbonyl (C=O) groups is 1. The third-order valence-corrected chi connectivity index (χ3v) is 1.95. The van der Waals surface area contributed by atoms with Gasteiger partial charge in [0.05, 0.1) is 6.61 Å². The van der Waals surface area contributed by atoms with Crippen molar-refractivity contribution in [2.45, 2.75) is 25.9 Å². The molecule has 0 fully saturated rings. The minimum Gasteiger partial charge on any atom is -0.463 e. The largest absolute Gasteiger partial charge is 0.463 e. The molecule has 0 spiro atoms. The molecule has 1 aromatic carbocycles. The van der Waals surface area contributed by atoms with E-state index in [9.17, 15) is 9.18 Å². The van der Waals surface area contributed by atoms with Crippen molar-refractivity contribution in [3.63, 3.8) is 0 Å². The van der Waals surface area contributed by atoms with Gasteiger partial charge in [-0.3, -0.25) is 0 Å². The van der Waals surface area contributed by atoms with Gasteiger partial charge in [-0.1, -0.05) is 30.3 Å². The Morgan fingerprint density at radius 1 is 1.33 bits per heavy atom. The Morgan fingerprint density at radius 2 is 1.93 bits per heavy atom. The van der Waals surface area contributed by atoms with Crippen LogP contribution in [0, 0.1) is 0 Å². The number of rotatable bonds is 4. The number of hydrogen-bond donors (Lipinski definition) is 0. The van der Waals surface area contributed by atoms with E-state index in [0.29, 0.717) is 6.42 Å². The van der Waals surface area contributed by atoms with Crippen molar-refractivity contribution in [1.82, 2.24) is 0 Å². The number of halogens is 1. The first-order chi connectivity index (χ1) is 7.00. The number of ether oxygens (including phenoxy) is 1. The fourth-order valence-corrected chi connectivity index (χ4v) is 1.08. The summed E-state index contributed by atoms with van der Waals surface area (Å²) in [5.41, 5.74) is -0.835. The van der Waals surface area contributed by atoms with Gasteiger partial charge in [-0.05, 0) is 19.4 Å². The topological polar surface area (TPSA) is 26.3 Å². The van der Waals surface area contributed by atoms with Crippen molar-refractivity contribution in [2.75, 3.05) is 6.61 Å². The second kappa shape index (κ2) is 4.91. The summed E-state index contributed by atoms with van der Waals surface area (Å²) in [4.78, 5) is 11.1. The Hall–Kier alpha value is -1.38. The van der Waals surface area contributed by atoms with Gasteiger partial charge in [-0.15, -0.1) is 0 Å². The lowest BCUT2D eigenvalue weighted by Gasteiger charge is -2.12. The van der Waals surface area contributed by atoms with E-state index in [1.807, 2.05) is 30.3 Å². The monoisotopic (exact) mass is 210 g/mol. The van der Waals surface area contributed by atoms with Crippen molar-refractivity contribution in [1.29, 1.82) is 0 Å². The van der Waals surface area contributed by atoms with E-state index < -0.39 is 11.6 Å². The molecule has 0 aliphatic rings. The van der Waals surface area contributed by atoms with Crippen LogP contribution in [0.3, 0.4) is 0 Å². The molecule has 15 heavy (non-hydrogen) atoms. The molecule has 0 amide bonds. The van der Waals surface area contributed by atoms with E-state index in [4.69, 9.17) is 4.74 Å². The molecule has 3 heteroatoms. The van der Waals surface area contributed by atoms with Crippen molar-refractivity contribution in [2.24, 2.45) is 0 Å². The fourth-order valence-electron chi connectivity index (χ4n) is 1.08. The average Bonchev–Trinajstić information content (AvgIpc) is 2.18. The molecule has 1 rings (SSSR count). The zero-order valence-corrected chi connectivity index (χ0v) is 9.00. The molecular weight excluding hydrogens is 195 g/mol. The molecule has 1 aromatic rings. The highest BCUT2D eigenvalue weighted by Crippen LogP contribution is 2.10. The molecule has 0 aromatic heterocycles. The van der Waals surface area contributed by atoms with E-state index in [2.05, 4.69) is 0 Å². The minimum atomic E-state index is -1.91. The van der Waals surface area contributed by atoms with E-state index in [1.54, 1.807) is 0 Å². The molecule has 0 saturated heterocycles. The molecule has 2 nitrogen and oxygen atoms in total. The molecule has 82 valence electrons. The first-order valence-corrected chi connectivity index (χ1v) is 4.90. The van der Waals surface area contributed by atoms with Crippen LogP contribution < -0.4 is 0 Å². The number of esters is 1. The van der Waals surface area contributed by atoms with Crippen LogP contribution in [0.25, 0.3) is 0 Å². The van der Waals surface area contributed by atoms with Crippen LogP contribution in [0.2, 0.25) is 0 Å². The van der Waals surface area contributed by atoms with Crippen LogP contribution in [-0.4, -0.2) is 18.2 Å². The van der Waals surface area contributed by atoms with Crippen molar-refractivity contribution in [3.05, 3.63) is 35.9 Å². The van der Waals surface area contributed by atoms with Gasteiger partial charge in [0.15, 0.2) is 0 Å². The third-order valence-electron chi connectivity index (χ3n) is 1.95. The highest BCUT2D eigenvalue weighted by Gasteiger charge is 2.28. The summed E-state index contributed by atoms with van der Waals surface area (Å²) in [5, 5.41) is 0. The molecule has 0 aliphatic carbocycles. The molecule has 0 atom stereocenters. The van der Waals surface area contributed by atoms with Gasteiger partial charge in [-0.2, -0.15) is 0 Å². The molecule has 0 N–H and O–H groups in total. The van der Waals surface area contributed by atoms with Gasteiger partial charge in [0, 0.05) is 6.42 Å². The zero-order chi connectivity index (χ0) is 11.3. The predicted octanol–water partition coefficient (Wildman–Crippen LogP) is 2.52. The van der Waals surface area contributed by atoms with E-state index in [0.717, 1.165) is 5.56 Å². The first kappa shape index (κ1) is 11.7. The highest BCUT2D eigenvalue weighted by atomic mass is 19.1. The third kappa shape index (κ3) is 4.11. The van der Waals surface area contributed by atoms with Gasteiger partial charge >= 0.3 is 5.97 Å². The Balaban J connectivity index is 2.32. The summed E-state index contributed by atoms with van der Waals surface area (Å²) < 4.78 is 17.8. The Labute approximate surface area is 89.1 Å². The normalized spacial score (nSPS) is 11.1. The molecule has 0 unspecified atom stereocenters. The van der Waals surface area contributed by atoms with Crippen molar-refractivity contribution < 1.29 is 13.9 Å². The summed E-state index contributed by atoms with van der Waals surface area (Å²) in [7, 11) is 0. The summed E-state index contributed by atoms with van der Waals surface area (Å²) in [6.07, 6.45) is 0.614. The van der Waals surface area contributed by atoms with Crippen molar-refractivity contribution in [3.8, 4) is 0 Å². The first-order valence-electron chi connectivity index (χ1n) is 4.90. The standard InChI is InChI=1S/C12H15FO2/c1-12(2,13)11(14)15-9-8-10-6-4-3-5-7-10/h3-7H,8-9H2,1-2H3. The van der Waals surface area contributed by atoms with Gasteiger partial charge in [-0.25, -0.2) is 9.18 Å². The smallest absolute Gasteiger partial charge is 0.343 e. The van der Waals surface area contributed by atoms with Crippen molar-refractivity contribution >= 4 is 5.97 Å². The average molecular weight is 210 g/mol. The summed E-state index contributed by atoms with van der Waals surface area (Å²) in [6, 6.07) is 9.62. The van der Waals surface area contributed by atoms with Gasteiger partial charge in [0.1, 0.15) is 0 Å². The van der Waals surface area contributed by atoms with E-state index in [-0.39, 0.29) is 6.61 Å². The van der Waals surface area contributed by atoms with Crippen LogP contribution in [-0.2, 0) is 16.0 Å². The number of alkyl halides is 1.